The number of rotatable bonds is 6. The Morgan fingerprint density at radius 3 is 2.63 bits per heavy atom. The van der Waals surface area contributed by atoms with Crippen LogP contribution in [0.2, 0.25) is 0 Å². The Hall–Kier alpha value is -1.46. The molecule has 0 bridgehead atoms. The van der Waals surface area contributed by atoms with Crippen LogP contribution in [-0.4, -0.2) is 26.2 Å². The van der Waals surface area contributed by atoms with Gasteiger partial charge in [-0.2, -0.15) is 0 Å². The number of amides is 1. The molecule has 0 aliphatic heterocycles. The molecule has 6 heteroatoms. The fraction of sp³-hybridized carbons (Fsp3) is 0.462. The van der Waals surface area contributed by atoms with Crippen LogP contribution in [0.5, 0.6) is 11.5 Å². The van der Waals surface area contributed by atoms with Crippen molar-refractivity contribution in [2.75, 3.05) is 25.6 Å². The molecule has 108 valence electrons. The number of benzene rings is 1. The molecule has 0 aliphatic rings. The van der Waals surface area contributed by atoms with E-state index in [-0.39, 0.29) is 24.2 Å². The predicted octanol–water partition coefficient (Wildman–Crippen LogP) is 2.05. The molecule has 0 radical (unpaired) electrons. The van der Waals surface area contributed by atoms with E-state index in [4.69, 9.17) is 15.2 Å². The van der Waals surface area contributed by atoms with Gasteiger partial charge in [-0.05, 0) is 19.1 Å². The summed E-state index contributed by atoms with van der Waals surface area (Å²) in [4.78, 5) is 11.7. The highest BCUT2D eigenvalue weighted by molar-refractivity contribution is 5.92. The molecule has 1 rings (SSSR count). The van der Waals surface area contributed by atoms with Gasteiger partial charge in [0.2, 0.25) is 5.91 Å². The Labute approximate surface area is 119 Å². The number of carbonyl (C=O) groups is 1. The van der Waals surface area contributed by atoms with Crippen molar-refractivity contribution >= 4 is 24.0 Å². The number of hydrogen-bond acceptors (Lipinski definition) is 4. The number of ether oxygens (including phenoxy) is 2. The highest BCUT2D eigenvalue weighted by atomic mass is 35.5. The first kappa shape index (κ1) is 17.5. The molecule has 19 heavy (non-hydrogen) atoms. The van der Waals surface area contributed by atoms with Crippen LogP contribution in [0.25, 0.3) is 0 Å². The van der Waals surface area contributed by atoms with Gasteiger partial charge >= 0.3 is 0 Å². The Morgan fingerprint density at radius 1 is 1.42 bits per heavy atom. The fourth-order valence-electron chi connectivity index (χ4n) is 1.40. The molecular weight excluding hydrogens is 268 g/mol. The minimum Gasteiger partial charge on any atom is -0.493 e. The van der Waals surface area contributed by atoms with Crippen molar-refractivity contribution in [3.8, 4) is 11.5 Å². The monoisotopic (exact) mass is 288 g/mol. The van der Waals surface area contributed by atoms with Crippen molar-refractivity contribution in [2.45, 2.75) is 13.8 Å². The maximum absolute atomic E-state index is 11.7. The van der Waals surface area contributed by atoms with Crippen molar-refractivity contribution in [3.63, 3.8) is 0 Å². The van der Waals surface area contributed by atoms with Crippen molar-refractivity contribution in [2.24, 2.45) is 11.7 Å². The van der Waals surface area contributed by atoms with Crippen molar-refractivity contribution < 1.29 is 14.3 Å². The summed E-state index contributed by atoms with van der Waals surface area (Å²) >= 11 is 0. The number of hydrogen-bond donors (Lipinski definition) is 2. The van der Waals surface area contributed by atoms with Crippen LogP contribution in [0.3, 0.4) is 0 Å². The Morgan fingerprint density at radius 2 is 2.11 bits per heavy atom. The van der Waals surface area contributed by atoms with E-state index >= 15 is 0 Å². The first-order valence-electron chi connectivity index (χ1n) is 5.94. The van der Waals surface area contributed by atoms with E-state index < -0.39 is 0 Å². The molecule has 0 heterocycles. The van der Waals surface area contributed by atoms with E-state index in [2.05, 4.69) is 5.32 Å². The number of nitrogens with two attached hydrogens (primary N) is 1. The van der Waals surface area contributed by atoms with Crippen LogP contribution < -0.4 is 20.5 Å². The van der Waals surface area contributed by atoms with Crippen LogP contribution in [0.15, 0.2) is 18.2 Å². The van der Waals surface area contributed by atoms with Crippen LogP contribution in [-0.2, 0) is 4.79 Å². The standard InChI is InChI=1S/C13H20N2O3.ClH/c1-4-18-12-7-10(5-6-11(12)17-3)15-13(16)9(2)8-14;/h5-7,9H,4,8,14H2,1-3H3,(H,15,16);1H. The SMILES string of the molecule is CCOc1cc(NC(=O)C(C)CN)ccc1OC.Cl. The lowest BCUT2D eigenvalue weighted by Gasteiger charge is -2.13. The van der Waals surface area contributed by atoms with E-state index in [1.165, 1.54) is 0 Å². The molecule has 1 aromatic carbocycles. The van der Waals surface area contributed by atoms with Gasteiger partial charge in [-0.15, -0.1) is 12.4 Å². The number of nitrogens with one attached hydrogen (secondary N) is 1. The van der Waals surface area contributed by atoms with Crippen LogP contribution in [0.1, 0.15) is 13.8 Å². The summed E-state index contributed by atoms with van der Waals surface area (Å²) in [5.74, 6) is 0.924. The largest absolute Gasteiger partial charge is 0.493 e. The van der Waals surface area contributed by atoms with Crippen LogP contribution >= 0.6 is 12.4 Å². The van der Waals surface area contributed by atoms with E-state index in [0.29, 0.717) is 30.3 Å². The summed E-state index contributed by atoms with van der Waals surface area (Å²) in [6.45, 7) is 4.52. The second-order valence-corrected chi connectivity index (χ2v) is 3.92. The summed E-state index contributed by atoms with van der Waals surface area (Å²) in [6.07, 6.45) is 0. The van der Waals surface area contributed by atoms with Crippen molar-refractivity contribution in [1.82, 2.24) is 0 Å². The van der Waals surface area contributed by atoms with Gasteiger partial charge in [-0.3, -0.25) is 4.79 Å². The molecule has 3 N–H and O–H groups in total. The molecule has 5 nitrogen and oxygen atoms in total. The number of halogens is 1. The Kier molecular flexibility index (Phi) is 7.95. The van der Waals surface area contributed by atoms with Gasteiger partial charge in [0.15, 0.2) is 11.5 Å². The van der Waals surface area contributed by atoms with Gasteiger partial charge in [0.1, 0.15) is 0 Å². The van der Waals surface area contributed by atoms with E-state index in [1.54, 1.807) is 32.2 Å². The quantitative estimate of drug-likeness (QED) is 0.840. The zero-order chi connectivity index (χ0) is 13.5. The van der Waals surface area contributed by atoms with Gasteiger partial charge in [0.05, 0.1) is 13.7 Å². The second-order valence-electron chi connectivity index (χ2n) is 3.92. The topological polar surface area (TPSA) is 73.6 Å². The zero-order valence-electron chi connectivity index (χ0n) is 11.4. The van der Waals surface area contributed by atoms with Gasteiger partial charge in [0, 0.05) is 24.2 Å². The van der Waals surface area contributed by atoms with Gasteiger partial charge < -0.3 is 20.5 Å². The third kappa shape index (κ3) is 4.96. The lowest BCUT2D eigenvalue weighted by atomic mass is 10.1. The molecule has 1 amide bonds. The summed E-state index contributed by atoms with van der Waals surface area (Å²) in [7, 11) is 1.58. The zero-order valence-corrected chi connectivity index (χ0v) is 12.3. The summed E-state index contributed by atoms with van der Waals surface area (Å²) in [6, 6.07) is 5.26. The van der Waals surface area contributed by atoms with Crippen LogP contribution in [0.4, 0.5) is 5.69 Å². The second kappa shape index (κ2) is 8.61. The fourth-order valence-corrected chi connectivity index (χ4v) is 1.40. The number of anilines is 1. The van der Waals surface area contributed by atoms with E-state index in [9.17, 15) is 4.79 Å². The molecule has 0 fully saturated rings. The highest BCUT2D eigenvalue weighted by Gasteiger charge is 2.12. The minimum atomic E-state index is -0.220. The first-order valence-corrected chi connectivity index (χ1v) is 5.94. The Balaban J connectivity index is 0.00000324. The smallest absolute Gasteiger partial charge is 0.228 e. The molecule has 1 atom stereocenters. The van der Waals surface area contributed by atoms with Crippen LogP contribution in [0, 0.1) is 5.92 Å². The average Bonchev–Trinajstić information content (AvgIpc) is 2.38. The average molecular weight is 289 g/mol. The minimum absolute atomic E-state index is 0. The Bertz CT molecular complexity index is 413. The summed E-state index contributed by atoms with van der Waals surface area (Å²) in [5.41, 5.74) is 6.12. The van der Waals surface area contributed by atoms with Crippen molar-refractivity contribution in [3.05, 3.63) is 18.2 Å². The molecule has 0 spiro atoms. The normalized spacial score (nSPS) is 11.2. The van der Waals surface area contributed by atoms with Gasteiger partial charge in [-0.25, -0.2) is 0 Å². The molecule has 0 saturated carbocycles. The molecule has 0 aromatic heterocycles. The first-order chi connectivity index (χ1) is 8.62. The lowest BCUT2D eigenvalue weighted by Crippen LogP contribution is -2.26. The highest BCUT2D eigenvalue weighted by Crippen LogP contribution is 2.30. The van der Waals surface area contributed by atoms with Crippen molar-refractivity contribution in [1.29, 1.82) is 0 Å². The molecule has 0 saturated heterocycles. The molecular formula is C13H21ClN2O3. The summed E-state index contributed by atoms with van der Waals surface area (Å²) < 4.78 is 10.6. The molecule has 0 aliphatic carbocycles. The van der Waals surface area contributed by atoms with Gasteiger partial charge in [0.25, 0.3) is 0 Å². The summed E-state index contributed by atoms with van der Waals surface area (Å²) in [5, 5.41) is 2.79. The van der Waals surface area contributed by atoms with Gasteiger partial charge in [-0.1, -0.05) is 6.92 Å². The molecule has 1 aromatic rings. The number of carbonyl (C=O) groups excluding carboxylic acids is 1. The molecule has 1 unspecified atom stereocenters. The number of methoxy groups -OCH3 is 1. The maximum atomic E-state index is 11.7. The van der Waals surface area contributed by atoms with E-state index in [0.717, 1.165) is 0 Å². The maximum Gasteiger partial charge on any atom is 0.228 e. The third-order valence-corrected chi connectivity index (χ3v) is 2.53. The predicted molar refractivity (Wildman–Crippen MR) is 78.3 cm³/mol. The lowest BCUT2D eigenvalue weighted by molar-refractivity contribution is -0.119. The van der Waals surface area contributed by atoms with E-state index in [1.807, 2.05) is 6.92 Å². The third-order valence-electron chi connectivity index (χ3n) is 2.53.